The predicted molar refractivity (Wildman–Crippen MR) is 96.7 cm³/mol. The monoisotopic (exact) mass is 364 g/mol. The first-order chi connectivity index (χ1) is 12.4. The first-order valence-corrected chi connectivity index (χ1v) is 8.65. The number of nitrogens with zero attached hydrogens (tertiary/aromatic N) is 2. The van der Waals surface area contributed by atoms with E-state index in [2.05, 4.69) is 17.0 Å². The summed E-state index contributed by atoms with van der Waals surface area (Å²) < 4.78 is 44.0. The van der Waals surface area contributed by atoms with E-state index in [9.17, 15) is 13.2 Å². The van der Waals surface area contributed by atoms with Gasteiger partial charge >= 0.3 is 6.18 Å². The molecule has 3 nitrogen and oxygen atoms in total. The van der Waals surface area contributed by atoms with Crippen molar-refractivity contribution in [2.24, 2.45) is 0 Å². The minimum Gasteiger partial charge on any atom is -0.496 e. The lowest BCUT2D eigenvalue weighted by molar-refractivity contribution is -0.137. The molecule has 1 aliphatic rings. The zero-order valence-electron chi connectivity index (χ0n) is 15.0. The highest BCUT2D eigenvalue weighted by Gasteiger charge is 2.31. The second-order valence-electron chi connectivity index (χ2n) is 6.62. The molecule has 1 saturated heterocycles. The summed E-state index contributed by atoms with van der Waals surface area (Å²) in [6, 6.07) is 11.7. The van der Waals surface area contributed by atoms with Crippen molar-refractivity contribution >= 4 is 5.69 Å². The Morgan fingerprint density at radius 2 is 1.73 bits per heavy atom. The predicted octanol–water partition coefficient (Wildman–Crippen LogP) is 4.34. The molecule has 1 aliphatic heterocycles. The highest BCUT2D eigenvalue weighted by molar-refractivity contribution is 5.49. The van der Waals surface area contributed by atoms with Gasteiger partial charge in [-0.3, -0.25) is 4.90 Å². The molecule has 2 aromatic rings. The lowest BCUT2D eigenvalue weighted by Gasteiger charge is -2.36. The van der Waals surface area contributed by atoms with E-state index in [4.69, 9.17) is 4.74 Å². The maximum atomic E-state index is 12.9. The van der Waals surface area contributed by atoms with Crippen LogP contribution in [0.5, 0.6) is 5.75 Å². The third-order valence-corrected chi connectivity index (χ3v) is 4.78. The summed E-state index contributed by atoms with van der Waals surface area (Å²) in [5.41, 5.74) is 2.37. The highest BCUT2D eigenvalue weighted by atomic mass is 19.4. The number of aryl methyl sites for hydroxylation is 1. The van der Waals surface area contributed by atoms with E-state index in [0.717, 1.165) is 50.1 Å². The van der Waals surface area contributed by atoms with Gasteiger partial charge in [0.15, 0.2) is 0 Å². The van der Waals surface area contributed by atoms with Crippen LogP contribution >= 0.6 is 0 Å². The van der Waals surface area contributed by atoms with Crippen molar-refractivity contribution in [3.63, 3.8) is 0 Å². The number of halogens is 3. The molecule has 26 heavy (non-hydrogen) atoms. The van der Waals surface area contributed by atoms with Crippen molar-refractivity contribution < 1.29 is 17.9 Å². The van der Waals surface area contributed by atoms with Gasteiger partial charge in [0.1, 0.15) is 5.75 Å². The van der Waals surface area contributed by atoms with Crippen LogP contribution in [0.4, 0.5) is 18.9 Å². The summed E-state index contributed by atoms with van der Waals surface area (Å²) in [5, 5.41) is 0. The summed E-state index contributed by atoms with van der Waals surface area (Å²) in [4.78, 5) is 4.34. The fourth-order valence-corrected chi connectivity index (χ4v) is 3.34. The van der Waals surface area contributed by atoms with Gasteiger partial charge in [-0.05, 0) is 42.3 Å². The van der Waals surface area contributed by atoms with Gasteiger partial charge in [0.05, 0.1) is 12.7 Å². The Hall–Kier alpha value is -2.21. The molecule has 0 radical (unpaired) electrons. The Kier molecular flexibility index (Phi) is 5.41. The van der Waals surface area contributed by atoms with E-state index in [1.54, 1.807) is 13.2 Å². The molecule has 3 rings (SSSR count). The van der Waals surface area contributed by atoms with Crippen LogP contribution in [0.1, 0.15) is 16.7 Å². The van der Waals surface area contributed by atoms with E-state index in [1.807, 2.05) is 17.9 Å². The van der Waals surface area contributed by atoms with E-state index in [1.165, 1.54) is 17.7 Å². The summed E-state index contributed by atoms with van der Waals surface area (Å²) in [5.74, 6) is 0.878. The third-order valence-electron chi connectivity index (χ3n) is 4.78. The third kappa shape index (κ3) is 4.30. The zero-order valence-corrected chi connectivity index (χ0v) is 15.0. The summed E-state index contributed by atoms with van der Waals surface area (Å²) in [7, 11) is 1.66. The number of benzene rings is 2. The fourth-order valence-electron chi connectivity index (χ4n) is 3.34. The maximum absolute atomic E-state index is 12.9. The Labute approximate surface area is 152 Å². The van der Waals surface area contributed by atoms with E-state index >= 15 is 0 Å². The molecular weight excluding hydrogens is 341 g/mol. The number of hydrogen-bond donors (Lipinski definition) is 0. The largest absolute Gasteiger partial charge is 0.496 e. The van der Waals surface area contributed by atoms with Gasteiger partial charge in [0, 0.05) is 38.4 Å². The molecule has 0 N–H and O–H groups in total. The summed E-state index contributed by atoms with van der Waals surface area (Å²) in [6.45, 7) is 5.94. The van der Waals surface area contributed by atoms with Crippen LogP contribution in [-0.4, -0.2) is 38.2 Å². The molecule has 140 valence electrons. The first-order valence-electron chi connectivity index (χ1n) is 8.65. The van der Waals surface area contributed by atoms with Gasteiger partial charge < -0.3 is 9.64 Å². The van der Waals surface area contributed by atoms with Crippen LogP contribution < -0.4 is 9.64 Å². The average Bonchev–Trinajstić information content (AvgIpc) is 2.62. The Balaban J connectivity index is 1.60. The lowest BCUT2D eigenvalue weighted by Crippen LogP contribution is -2.46. The van der Waals surface area contributed by atoms with Crippen LogP contribution in [0, 0.1) is 6.92 Å². The molecule has 0 aliphatic carbocycles. The van der Waals surface area contributed by atoms with Crippen molar-refractivity contribution in [3.8, 4) is 5.75 Å². The molecular formula is C20H23F3N2O. The van der Waals surface area contributed by atoms with Gasteiger partial charge in [-0.1, -0.05) is 18.2 Å². The Bertz CT molecular complexity index is 753. The molecule has 0 aromatic heterocycles. The van der Waals surface area contributed by atoms with Gasteiger partial charge in [-0.2, -0.15) is 13.2 Å². The number of methoxy groups -OCH3 is 1. The minimum absolute atomic E-state index is 0.592. The second-order valence-corrected chi connectivity index (χ2v) is 6.62. The van der Waals surface area contributed by atoms with Crippen LogP contribution in [0.15, 0.2) is 42.5 Å². The average molecular weight is 364 g/mol. The molecule has 0 amide bonds. The van der Waals surface area contributed by atoms with Crippen LogP contribution in [0.3, 0.4) is 0 Å². The molecule has 0 spiro atoms. The SMILES string of the molecule is COc1ccc(CN2CCN(c3cccc(C(F)(F)F)c3)CC2)cc1C. The zero-order chi connectivity index (χ0) is 18.7. The van der Waals surface area contributed by atoms with E-state index in [0.29, 0.717) is 5.69 Å². The van der Waals surface area contributed by atoms with Crippen molar-refractivity contribution in [3.05, 3.63) is 59.2 Å². The number of ether oxygens (including phenoxy) is 1. The van der Waals surface area contributed by atoms with Crippen LogP contribution in [0.2, 0.25) is 0 Å². The van der Waals surface area contributed by atoms with Crippen LogP contribution in [-0.2, 0) is 12.7 Å². The Morgan fingerprint density at radius 1 is 1.00 bits per heavy atom. The van der Waals surface area contributed by atoms with Crippen molar-refractivity contribution in [1.29, 1.82) is 0 Å². The lowest BCUT2D eigenvalue weighted by atomic mass is 10.1. The number of hydrogen-bond acceptors (Lipinski definition) is 3. The fraction of sp³-hybridized carbons (Fsp3) is 0.400. The van der Waals surface area contributed by atoms with Gasteiger partial charge in [0.25, 0.3) is 0 Å². The smallest absolute Gasteiger partial charge is 0.416 e. The summed E-state index contributed by atoms with van der Waals surface area (Å²) in [6.07, 6.45) is -4.30. The normalized spacial score (nSPS) is 16.0. The quantitative estimate of drug-likeness (QED) is 0.802. The van der Waals surface area contributed by atoms with Crippen molar-refractivity contribution in [2.75, 3.05) is 38.2 Å². The van der Waals surface area contributed by atoms with Gasteiger partial charge in [0.2, 0.25) is 0 Å². The van der Waals surface area contributed by atoms with Crippen LogP contribution in [0.25, 0.3) is 0 Å². The minimum atomic E-state index is -4.30. The summed E-state index contributed by atoms with van der Waals surface area (Å²) >= 11 is 0. The highest BCUT2D eigenvalue weighted by Crippen LogP contribution is 2.32. The van der Waals surface area contributed by atoms with E-state index < -0.39 is 11.7 Å². The number of anilines is 1. The molecule has 0 atom stereocenters. The number of rotatable bonds is 4. The Morgan fingerprint density at radius 3 is 2.35 bits per heavy atom. The van der Waals surface area contributed by atoms with E-state index in [-0.39, 0.29) is 0 Å². The van der Waals surface area contributed by atoms with Gasteiger partial charge in [-0.25, -0.2) is 0 Å². The van der Waals surface area contributed by atoms with Crippen molar-refractivity contribution in [2.45, 2.75) is 19.6 Å². The molecule has 2 aromatic carbocycles. The molecule has 1 heterocycles. The molecule has 6 heteroatoms. The molecule has 0 unspecified atom stereocenters. The molecule has 0 saturated carbocycles. The maximum Gasteiger partial charge on any atom is 0.416 e. The topological polar surface area (TPSA) is 15.7 Å². The van der Waals surface area contributed by atoms with Gasteiger partial charge in [-0.15, -0.1) is 0 Å². The number of alkyl halides is 3. The number of piperazine rings is 1. The molecule has 0 bridgehead atoms. The second kappa shape index (κ2) is 7.58. The van der Waals surface area contributed by atoms with Crippen molar-refractivity contribution in [1.82, 2.24) is 4.90 Å². The first kappa shape index (κ1) is 18.6. The molecule has 1 fully saturated rings. The standard InChI is InChI=1S/C20H23F3N2O/c1-15-12-16(6-7-19(15)26-2)14-24-8-10-25(11-9-24)18-5-3-4-17(13-18)20(21,22)23/h3-7,12-13H,8-11,14H2,1-2H3.